The third kappa shape index (κ3) is 3.70. The van der Waals surface area contributed by atoms with Crippen LogP contribution in [-0.4, -0.2) is 4.21 Å². The predicted molar refractivity (Wildman–Crippen MR) is 73.1 cm³/mol. The summed E-state index contributed by atoms with van der Waals surface area (Å²) in [6, 6.07) is 12.0. The summed E-state index contributed by atoms with van der Waals surface area (Å²) < 4.78 is 37.8. The van der Waals surface area contributed by atoms with Gasteiger partial charge in [0, 0.05) is 16.6 Å². The summed E-state index contributed by atoms with van der Waals surface area (Å²) in [7, 11) is -1.12. The van der Waals surface area contributed by atoms with Gasteiger partial charge in [0.1, 0.15) is 11.6 Å². The van der Waals surface area contributed by atoms with Gasteiger partial charge in [-0.1, -0.05) is 24.3 Å². The topological polar surface area (TPSA) is 17.1 Å². The quantitative estimate of drug-likeness (QED) is 0.828. The van der Waals surface area contributed by atoms with Gasteiger partial charge in [0.05, 0.1) is 5.25 Å². The number of rotatable bonds is 4. The van der Waals surface area contributed by atoms with Crippen LogP contribution in [0.1, 0.15) is 23.3 Å². The molecule has 0 aromatic heterocycles. The molecule has 1 nitrogen and oxygen atoms in total. The number of hydrogen-bond donors (Lipinski definition) is 0. The maximum Gasteiger partial charge on any atom is 0.123 e. The first-order valence-corrected chi connectivity index (χ1v) is 7.31. The second-order valence-corrected chi connectivity index (χ2v) is 6.10. The summed E-state index contributed by atoms with van der Waals surface area (Å²) in [6.45, 7) is 1.84. The Bertz CT molecular complexity index is 564. The highest BCUT2D eigenvalue weighted by Gasteiger charge is 2.14. The van der Waals surface area contributed by atoms with Crippen molar-refractivity contribution in [1.82, 2.24) is 0 Å². The van der Waals surface area contributed by atoms with Crippen LogP contribution in [0.15, 0.2) is 48.5 Å². The van der Waals surface area contributed by atoms with Crippen molar-refractivity contribution < 1.29 is 13.0 Å². The maximum atomic E-state index is 12.8. The van der Waals surface area contributed by atoms with Crippen molar-refractivity contribution in [2.24, 2.45) is 0 Å². The Hall–Kier alpha value is -1.55. The number of hydrogen-bond acceptors (Lipinski definition) is 1. The zero-order valence-corrected chi connectivity index (χ0v) is 11.3. The van der Waals surface area contributed by atoms with Gasteiger partial charge in [-0.2, -0.15) is 0 Å². The summed E-state index contributed by atoms with van der Waals surface area (Å²) in [5.41, 5.74) is 1.66. The zero-order chi connectivity index (χ0) is 13.8. The van der Waals surface area contributed by atoms with E-state index < -0.39 is 10.8 Å². The van der Waals surface area contributed by atoms with E-state index in [0.717, 1.165) is 11.1 Å². The molecule has 0 aliphatic carbocycles. The van der Waals surface area contributed by atoms with Gasteiger partial charge in [-0.3, -0.25) is 4.21 Å². The van der Waals surface area contributed by atoms with E-state index in [-0.39, 0.29) is 16.9 Å². The Labute approximate surface area is 113 Å². The lowest BCUT2D eigenvalue weighted by atomic mass is 10.2. The molecule has 0 aliphatic heterocycles. The van der Waals surface area contributed by atoms with Crippen molar-refractivity contribution >= 4 is 10.8 Å². The highest BCUT2D eigenvalue weighted by molar-refractivity contribution is 7.84. The minimum absolute atomic E-state index is 0.189. The van der Waals surface area contributed by atoms with E-state index in [1.165, 1.54) is 24.3 Å². The molecule has 0 amide bonds. The van der Waals surface area contributed by atoms with Crippen molar-refractivity contribution in [3.05, 3.63) is 71.3 Å². The van der Waals surface area contributed by atoms with E-state index in [2.05, 4.69) is 0 Å². The maximum absolute atomic E-state index is 12.8. The highest BCUT2D eigenvalue weighted by Crippen LogP contribution is 2.22. The van der Waals surface area contributed by atoms with Crippen LogP contribution in [0.3, 0.4) is 0 Å². The van der Waals surface area contributed by atoms with E-state index in [1.54, 1.807) is 24.3 Å². The van der Waals surface area contributed by atoms with Gasteiger partial charge in [-0.05, 0) is 42.3 Å². The Morgan fingerprint density at radius 3 is 1.95 bits per heavy atom. The fourth-order valence-electron chi connectivity index (χ4n) is 1.76. The van der Waals surface area contributed by atoms with Crippen LogP contribution in [-0.2, 0) is 16.6 Å². The minimum Gasteiger partial charge on any atom is -0.259 e. The van der Waals surface area contributed by atoms with Crippen LogP contribution in [0, 0.1) is 11.6 Å². The Kier molecular flexibility index (Phi) is 4.43. The van der Waals surface area contributed by atoms with Crippen molar-refractivity contribution in [3.8, 4) is 0 Å². The van der Waals surface area contributed by atoms with Gasteiger partial charge in [0.2, 0.25) is 0 Å². The lowest BCUT2D eigenvalue weighted by Crippen LogP contribution is -2.05. The molecule has 100 valence electrons. The van der Waals surface area contributed by atoms with E-state index in [1.807, 2.05) is 6.92 Å². The van der Waals surface area contributed by atoms with E-state index in [4.69, 9.17) is 0 Å². The van der Waals surface area contributed by atoms with Crippen LogP contribution in [0.5, 0.6) is 0 Å². The fraction of sp³-hybridized carbons (Fsp3) is 0.200. The summed E-state index contributed by atoms with van der Waals surface area (Å²) in [4.78, 5) is 0. The molecule has 0 spiro atoms. The van der Waals surface area contributed by atoms with Gasteiger partial charge < -0.3 is 0 Å². The molecule has 0 fully saturated rings. The lowest BCUT2D eigenvalue weighted by Gasteiger charge is -2.12. The first kappa shape index (κ1) is 13.9. The molecule has 19 heavy (non-hydrogen) atoms. The summed E-state index contributed by atoms with van der Waals surface area (Å²) in [5, 5.41) is -0.189. The molecule has 2 rings (SSSR count). The molecule has 4 heteroatoms. The highest BCUT2D eigenvalue weighted by atomic mass is 32.2. The van der Waals surface area contributed by atoms with E-state index in [9.17, 15) is 13.0 Å². The van der Waals surface area contributed by atoms with Crippen LogP contribution in [0.4, 0.5) is 8.78 Å². The summed E-state index contributed by atoms with van der Waals surface area (Å²) >= 11 is 0. The Morgan fingerprint density at radius 1 is 0.947 bits per heavy atom. The fourth-order valence-corrected chi connectivity index (χ4v) is 2.99. The van der Waals surface area contributed by atoms with E-state index in [0.29, 0.717) is 5.75 Å². The standard InChI is InChI=1S/C15H14F2OS/c1-11(13-4-8-15(17)9-5-13)19(18)10-12-2-6-14(16)7-3-12/h2-9,11H,10H2,1H3/t11-,19-/m1/s1. The smallest absolute Gasteiger partial charge is 0.123 e. The molecule has 2 aromatic carbocycles. The Morgan fingerprint density at radius 2 is 1.42 bits per heavy atom. The van der Waals surface area contributed by atoms with Crippen molar-refractivity contribution in [2.75, 3.05) is 0 Å². The van der Waals surface area contributed by atoms with Crippen molar-refractivity contribution in [2.45, 2.75) is 17.9 Å². The molecular weight excluding hydrogens is 266 g/mol. The molecule has 0 saturated carbocycles. The zero-order valence-electron chi connectivity index (χ0n) is 10.5. The van der Waals surface area contributed by atoms with Gasteiger partial charge in [0.15, 0.2) is 0 Å². The van der Waals surface area contributed by atoms with Crippen molar-refractivity contribution in [3.63, 3.8) is 0 Å². The second kappa shape index (κ2) is 6.06. The predicted octanol–water partition coefficient (Wildman–Crippen LogP) is 3.97. The molecule has 0 radical (unpaired) electrons. The van der Waals surface area contributed by atoms with Gasteiger partial charge in [-0.15, -0.1) is 0 Å². The summed E-state index contributed by atoms with van der Waals surface area (Å²) in [6.07, 6.45) is 0. The Balaban J connectivity index is 2.07. The lowest BCUT2D eigenvalue weighted by molar-refractivity contribution is 0.626. The van der Waals surface area contributed by atoms with Gasteiger partial charge in [0.25, 0.3) is 0 Å². The number of benzene rings is 2. The third-order valence-electron chi connectivity index (χ3n) is 2.96. The van der Waals surface area contributed by atoms with Gasteiger partial charge in [-0.25, -0.2) is 8.78 Å². The molecule has 0 unspecified atom stereocenters. The average Bonchev–Trinajstić information content (AvgIpc) is 2.41. The second-order valence-electron chi connectivity index (χ2n) is 4.35. The van der Waals surface area contributed by atoms with E-state index >= 15 is 0 Å². The largest absolute Gasteiger partial charge is 0.259 e. The summed E-state index contributed by atoms with van der Waals surface area (Å²) in [5.74, 6) is -0.250. The molecular formula is C15H14F2OS. The molecule has 0 saturated heterocycles. The molecule has 2 atom stereocenters. The molecule has 0 bridgehead atoms. The average molecular weight is 280 g/mol. The van der Waals surface area contributed by atoms with Crippen LogP contribution >= 0.6 is 0 Å². The van der Waals surface area contributed by atoms with Crippen LogP contribution in [0.25, 0.3) is 0 Å². The van der Waals surface area contributed by atoms with Crippen LogP contribution < -0.4 is 0 Å². The normalized spacial score (nSPS) is 14.1. The molecule has 2 aromatic rings. The molecule has 0 aliphatic rings. The number of halogens is 2. The van der Waals surface area contributed by atoms with Crippen LogP contribution in [0.2, 0.25) is 0 Å². The monoisotopic (exact) mass is 280 g/mol. The first-order valence-electron chi connectivity index (χ1n) is 5.93. The van der Waals surface area contributed by atoms with Crippen molar-refractivity contribution in [1.29, 1.82) is 0 Å². The minimum atomic E-state index is -1.12. The first-order chi connectivity index (χ1) is 9.06. The SMILES string of the molecule is C[C@H](c1ccc(F)cc1)[S@](=O)Cc1ccc(F)cc1. The third-order valence-corrected chi connectivity index (χ3v) is 4.63. The molecule has 0 N–H and O–H groups in total. The molecule has 0 heterocycles. The van der Waals surface area contributed by atoms with Gasteiger partial charge >= 0.3 is 0 Å².